The van der Waals surface area contributed by atoms with Crippen molar-refractivity contribution in [2.75, 3.05) is 26.1 Å². The molecule has 4 aromatic rings. The lowest BCUT2D eigenvalue weighted by atomic mass is 9.95. The Labute approximate surface area is 251 Å². The summed E-state index contributed by atoms with van der Waals surface area (Å²) in [6.45, 7) is 1.80. The Kier molecular flexibility index (Phi) is 8.48. The summed E-state index contributed by atoms with van der Waals surface area (Å²) >= 11 is 7.69. The molecule has 1 aliphatic heterocycles. The van der Waals surface area contributed by atoms with Gasteiger partial charge in [0.2, 0.25) is 0 Å². The molecule has 0 radical (unpaired) electrons. The van der Waals surface area contributed by atoms with Gasteiger partial charge in [0, 0.05) is 5.69 Å². The molecule has 0 spiro atoms. The number of allylic oxidation sites excluding steroid dienone is 1. The van der Waals surface area contributed by atoms with Crippen molar-refractivity contribution in [2.24, 2.45) is 4.99 Å². The summed E-state index contributed by atoms with van der Waals surface area (Å²) in [7, 11) is 3.07. The number of nitrogens with one attached hydrogen (secondary N) is 1. The van der Waals surface area contributed by atoms with Crippen LogP contribution in [0.5, 0.6) is 17.2 Å². The van der Waals surface area contributed by atoms with Gasteiger partial charge in [0.15, 0.2) is 16.3 Å². The standard InChI is InChI=1S/C32H26ClN3O5S/c1-5-15-41-29-24(33)16-20(17-25(29)40-4)18-26-31(38)36-28(21-11-13-23(39-3)14-12-21)27(19(2)34-32(36)42-26)30(37)35-22-9-7-6-8-10-22/h1,6-14,16-18,28H,15H2,2-4H3,(H,35,37)/b26-18+/t28-/m0/s1. The fourth-order valence-electron chi connectivity index (χ4n) is 4.66. The highest BCUT2D eigenvalue weighted by atomic mass is 35.5. The zero-order valence-electron chi connectivity index (χ0n) is 23.0. The highest BCUT2D eigenvalue weighted by Gasteiger charge is 2.32. The van der Waals surface area contributed by atoms with Gasteiger partial charge < -0.3 is 19.5 Å². The van der Waals surface area contributed by atoms with Gasteiger partial charge in [-0.2, -0.15) is 0 Å². The Morgan fingerprint density at radius 3 is 2.55 bits per heavy atom. The van der Waals surface area contributed by atoms with E-state index in [1.165, 1.54) is 18.4 Å². The van der Waals surface area contributed by atoms with Crippen LogP contribution in [0.2, 0.25) is 5.02 Å². The monoisotopic (exact) mass is 599 g/mol. The van der Waals surface area contributed by atoms with Crippen LogP contribution in [0.4, 0.5) is 5.69 Å². The van der Waals surface area contributed by atoms with E-state index in [1.807, 2.05) is 30.3 Å². The minimum Gasteiger partial charge on any atom is -0.497 e. The smallest absolute Gasteiger partial charge is 0.271 e. The molecule has 0 bridgehead atoms. The molecule has 0 aliphatic carbocycles. The van der Waals surface area contributed by atoms with Gasteiger partial charge in [0.25, 0.3) is 11.5 Å². The normalized spacial score (nSPS) is 14.5. The molecule has 1 amide bonds. The molecule has 2 heterocycles. The van der Waals surface area contributed by atoms with E-state index in [2.05, 4.69) is 16.2 Å². The van der Waals surface area contributed by atoms with E-state index in [1.54, 1.807) is 61.1 Å². The predicted octanol–water partition coefficient (Wildman–Crippen LogP) is 4.56. The summed E-state index contributed by atoms with van der Waals surface area (Å²) in [4.78, 5) is 32.8. The van der Waals surface area contributed by atoms with Gasteiger partial charge in [0.1, 0.15) is 12.4 Å². The Morgan fingerprint density at radius 2 is 1.88 bits per heavy atom. The number of thiazole rings is 1. The van der Waals surface area contributed by atoms with Gasteiger partial charge in [0.05, 0.1) is 41.1 Å². The van der Waals surface area contributed by atoms with E-state index in [9.17, 15) is 9.59 Å². The number of fused-ring (bicyclic) bond motifs is 1. The Balaban J connectivity index is 1.65. The number of anilines is 1. The number of amides is 1. The van der Waals surface area contributed by atoms with E-state index in [0.717, 1.165) is 5.56 Å². The van der Waals surface area contributed by atoms with E-state index < -0.39 is 6.04 Å². The largest absolute Gasteiger partial charge is 0.497 e. The number of nitrogens with zero attached hydrogens (tertiary/aromatic N) is 2. The van der Waals surface area contributed by atoms with E-state index in [4.69, 9.17) is 32.2 Å². The second kappa shape index (κ2) is 12.4. The van der Waals surface area contributed by atoms with Crippen LogP contribution in [0, 0.1) is 12.3 Å². The first-order valence-electron chi connectivity index (χ1n) is 12.8. The third kappa shape index (κ3) is 5.68. The van der Waals surface area contributed by atoms with Crippen molar-refractivity contribution in [1.82, 2.24) is 4.57 Å². The highest BCUT2D eigenvalue weighted by molar-refractivity contribution is 7.07. The third-order valence-corrected chi connectivity index (χ3v) is 7.84. The number of hydrogen-bond donors (Lipinski definition) is 1. The van der Waals surface area contributed by atoms with Crippen LogP contribution in [-0.2, 0) is 4.79 Å². The summed E-state index contributed by atoms with van der Waals surface area (Å²) < 4.78 is 18.3. The van der Waals surface area contributed by atoms with Crippen molar-refractivity contribution in [1.29, 1.82) is 0 Å². The Hall–Kier alpha value is -4.78. The second-order valence-corrected chi connectivity index (χ2v) is 10.6. The van der Waals surface area contributed by atoms with Crippen molar-refractivity contribution in [3.05, 3.63) is 114 Å². The molecule has 1 N–H and O–H groups in total. The molecular weight excluding hydrogens is 574 g/mol. The number of aromatic nitrogens is 1. The average Bonchev–Trinajstić information content (AvgIpc) is 3.29. The van der Waals surface area contributed by atoms with Gasteiger partial charge in [-0.1, -0.05) is 59.2 Å². The summed E-state index contributed by atoms with van der Waals surface area (Å²) in [6.07, 6.45) is 7.02. The quantitative estimate of drug-likeness (QED) is 0.300. The maximum Gasteiger partial charge on any atom is 0.271 e. The van der Waals surface area contributed by atoms with Crippen LogP contribution in [0.1, 0.15) is 24.1 Å². The topological polar surface area (TPSA) is 91.2 Å². The van der Waals surface area contributed by atoms with Crippen LogP contribution in [0.15, 0.2) is 87.8 Å². The first kappa shape index (κ1) is 28.7. The lowest BCUT2D eigenvalue weighted by molar-refractivity contribution is -0.113. The molecule has 1 atom stereocenters. The molecular formula is C32H26ClN3O5S. The molecule has 0 saturated heterocycles. The van der Waals surface area contributed by atoms with Crippen LogP contribution >= 0.6 is 22.9 Å². The number of halogens is 1. The molecule has 0 unspecified atom stereocenters. The fraction of sp³-hybridized carbons (Fsp3) is 0.156. The Bertz CT molecular complexity index is 1900. The molecule has 10 heteroatoms. The number of benzene rings is 3. The summed E-state index contributed by atoms with van der Waals surface area (Å²) in [6, 6.07) is 19.1. The number of hydrogen-bond acceptors (Lipinski definition) is 7. The molecule has 3 aromatic carbocycles. The molecule has 8 nitrogen and oxygen atoms in total. The first-order chi connectivity index (χ1) is 20.3. The lowest BCUT2D eigenvalue weighted by Crippen LogP contribution is -2.40. The molecule has 5 rings (SSSR count). The van der Waals surface area contributed by atoms with Crippen molar-refractivity contribution in [3.8, 4) is 29.6 Å². The second-order valence-electron chi connectivity index (χ2n) is 9.20. The van der Waals surface area contributed by atoms with Crippen LogP contribution in [-0.4, -0.2) is 31.3 Å². The number of carbonyl (C=O) groups is 1. The number of para-hydroxylation sites is 1. The lowest BCUT2D eigenvalue weighted by Gasteiger charge is -2.25. The zero-order chi connectivity index (χ0) is 29.8. The maximum atomic E-state index is 14.0. The van der Waals surface area contributed by atoms with Crippen LogP contribution in [0.3, 0.4) is 0 Å². The number of carbonyl (C=O) groups excluding carboxylic acids is 1. The maximum absolute atomic E-state index is 14.0. The Morgan fingerprint density at radius 1 is 1.14 bits per heavy atom. The summed E-state index contributed by atoms with van der Waals surface area (Å²) in [5.74, 6) is 3.40. The van der Waals surface area contributed by atoms with Gasteiger partial charge in [-0.05, 0) is 60.5 Å². The number of terminal acetylenes is 1. The molecule has 0 saturated carbocycles. The summed E-state index contributed by atoms with van der Waals surface area (Å²) in [5.41, 5.74) is 2.55. The molecule has 42 heavy (non-hydrogen) atoms. The van der Waals surface area contributed by atoms with Crippen molar-refractivity contribution >= 4 is 40.6 Å². The van der Waals surface area contributed by atoms with Gasteiger partial charge in [-0.15, -0.1) is 6.42 Å². The van der Waals surface area contributed by atoms with E-state index in [-0.39, 0.29) is 23.1 Å². The van der Waals surface area contributed by atoms with Gasteiger partial charge in [-0.3, -0.25) is 14.2 Å². The molecule has 0 fully saturated rings. The first-order valence-corrected chi connectivity index (χ1v) is 14.0. The molecule has 212 valence electrons. The SMILES string of the molecule is C#CCOc1c(Cl)cc(/C=c2/sc3n(c2=O)[C@@H](c2ccc(OC)cc2)C(C(=O)Nc2ccccc2)=C(C)N=3)cc1OC. The van der Waals surface area contributed by atoms with Crippen molar-refractivity contribution < 1.29 is 19.0 Å². The van der Waals surface area contributed by atoms with E-state index in [0.29, 0.717) is 49.1 Å². The zero-order valence-corrected chi connectivity index (χ0v) is 24.6. The average molecular weight is 600 g/mol. The minimum absolute atomic E-state index is 0.0267. The van der Waals surface area contributed by atoms with E-state index >= 15 is 0 Å². The third-order valence-electron chi connectivity index (χ3n) is 6.58. The molecule has 1 aliphatic rings. The van der Waals surface area contributed by atoms with Crippen molar-refractivity contribution in [3.63, 3.8) is 0 Å². The highest BCUT2D eigenvalue weighted by Crippen LogP contribution is 2.37. The molecule has 1 aromatic heterocycles. The summed E-state index contributed by atoms with van der Waals surface area (Å²) in [5, 5.41) is 3.23. The van der Waals surface area contributed by atoms with Crippen LogP contribution < -0.4 is 34.4 Å². The van der Waals surface area contributed by atoms with Gasteiger partial charge in [-0.25, -0.2) is 4.99 Å². The number of ether oxygens (including phenoxy) is 3. The van der Waals surface area contributed by atoms with Crippen molar-refractivity contribution in [2.45, 2.75) is 13.0 Å². The number of rotatable bonds is 8. The number of methoxy groups -OCH3 is 2. The fourth-order valence-corrected chi connectivity index (χ4v) is 5.98. The van der Waals surface area contributed by atoms with Gasteiger partial charge >= 0.3 is 0 Å². The van der Waals surface area contributed by atoms with Crippen LogP contribution in [0.25, 0.3) is 6.08 Å². The minimum atomic E-state index is -0.726. The predicted molar refractivity (Wildman–Crippen MR) is 164 cm³/mol.